The van der Waals surface area contributed by atoms with Gasteiger partial charge in [0.05, 0.1) is 22.9 Å². The van der Waals surface area contributed by atoms with Crippen molar-refractivity contribution in [3.63, 3.8) is 0 Å². The van der Waals surface area contributed by atoms with Gasteiger partial charge in [0.2, 0.25) is 0 Å². The number of hydrogen-bond donors (Lipinski definition) is 1. The minimum atomic E-state index is -3.90. The minimum Gasteiger partial charge on any atom is -0.395 e. The Bertz CT molecular complexity index is 1710. The smallest absolute Gasteiger partial charge is 0.284 e. The zero-order valence-corrected chi connectivity index (χ0v) is 22.2. The number of hydrogen-bond acceptors (Lipinski definition) is 9. The van der Waals surface area contributed by atoms with E-state index in [1.165, 1.54) is 12.7 Å². The van der Waals surface area contributed by atoms with E-state index >= 15 is 0 Å². The number of aliphatic hydroxyl groups excluding tert-OH is 1. The molecule has 3 aromatic heterocycles. The number of piperazine rings is 1. The highest BCUT2D eigenvalue weighted by atomic mass is 32.2. The lowest BCUT2D eigenvalue weighted by Gasteiger charge is -2.35. The van der Waals surface area contributed by atoms with E-state index in [4.69, 9.17) is 10.1 Å². The molecule has 0 atom stereocenters. The van der Waals surface area contributed by atoms with Crippen molar-refractivity contribution in [2.75, 3.05) is 44.2 Å². The van der Waals surface area contributed by atoms with Crippen molar-refractivity contribution in [1.29, 1.82) is 0 Å². The number of rotatable bonds is 7. The largest absolute Gasteiger partial charge is 0.395 e. The highest BCUT2D eigenvalue weighted by Gasteiger charge is 2.24. The molecule has 0 radical (unpaired) electrons. The summed E-state index contributed by atoms with van der Waals surface area (Å²) in [6, 6.07) is 18.7. The molecular weight excluding hydrogens is 516 g/mol. The van der Waals surface area contributed by atoms with Gasteiger partial charge in [0.1, 0.15) is 18.5 Å². The van der Waals surface area contributed by atoms with E-state index in [2.05, 4.69) is 19.9 Å². The number of aliphatic hydroxyl groups is 1. The predicted molar refractivity (Wildman–Crippen MR) is 147 cm³/mol. The summed E-state index contributed by atoms with van der Waals surface area (Å²) in [6.07, 6.45) is 2.36. The van der Waals surface area contributed by atoms with Crippen LogP contribution in [-0.2, 0) is 10.0 Å². The molecule has 4 heterocycles. The van der Waals surface area contributed by atoms with Gasteiger partial charge in [0.15, 0.2) is 5.65 Å². The molecule has 39 heavy (non-hydrogen) atoms. The summed E-state index contributed by atoms with van der Waals surface area (Å²) in [5, 5.41) is 18.1. The van der Waals surface area contributed by atoms with Gasteiger partial charge in [-0.25, -0.2) is 9.97 Å². The Kier molecular flexibility index (Phi) is 6.59. The van der Waals surface area contributed by atoms with Crippen LogP contribution in [-0.4, -0.2) is 86.5 Å². The molecule has 0 spiro atoms. The van der Waals surface area contributed by atoms with Gasteiger partial charge in [-0.2, -0.15) is 18.0 Å². The fourth-order valence-corrected chi connectivity index (χ4v) is 6.10. The molecule has 1 aliphatic rings. The highest BCUT2D eigenvalue weighted by molar-refractivity contribution is 7.89. The fraction of sp³-hybridized carbons (Fsp3) is 0.259. The van der Waals surface area contributed by atoms with Gasteiger partial charge in [0, 0.05) is 49.9 Å². The van der Waals surface area contributed by atoms with Crippen LogP contribution in [0.4, 0.5) is 5.82 Å². The quantitative estimate of drug-likeness (QED) is 0.329. The molecule has 12 heteroatoms. The van der Waals surface area contributed by atoms with Gasteiger partial charge in [-0.3, -0.25) is 4.90 Å². The van der Waals surface area contributed by atoms with E-state index < -0.39 is 10.0 Å². The molecule has 0 unspecified atom stereocenters. The van der Waals surface area contributed by atoms with Crippen LogP contribution in [0.2, 0.25) is 0 Å². The van der Waals surface area contributed by atoms with Crippen LogP contribution in [0.1, 0.15) is 5.69 Å². The first-order valence-electron chi connectivity index (χ1n) is 12.7. The second-order valence-electron chi connectivity index (χ2n) is 9.41. The average Bonchev–Trinajstić information content (AvgIpc) is 3.62. The molecule has 11 nitrogen and oxygen atoms in total. The number of anilines is 1. The van der Waals surface area contributed by atoms with E-state index in [1.54, 1.807) is 18.2 Å². The number of aromatic nitrogens is 6. The normalized spacial score (nSPS) is 14.8. The third kappa shape index (κ3) is 4.67. The summed E-state index contributed by atoms with van der Waals surface area (Å²) in [5.41, 5.74) is 4.81. The lowest BCUT2D eigenvalue weighted by atomic mass is 10.1. The summed E-state index contributed by atoms with van der Waals surface area (Å²) >= 11 is 0. The van der Waals surface area contributed by atoms with Gasteiger partial charge >= 0.3 is 0 Å². The second kappa shape index (κ2) is 10.2. The summed E-state index contributed by atoms with van der Waals surface area (Å²) < 4.78 is 29.0. The lowest BCUT2D eigenvalue weighted by Crippen LogP contribution is -2.47. The number of nitrogens with zero attached hydrogens (tertiary/aromatic N) is 8. The van der Waals surface area contributed by atoms with Crippen molar-refractivity contribution in [3.05, 3.63) is 79.0 Å². The number of benzene rings is 2. The molecule has 0 aliphatic carbocycles. The molecular formula is C27H28N8O3S. The number of β-amino-alcohol motifs (C(OH)–C–C–N with tert-alkyl or cyclic N) is 1. The van der Waals surface area contributed by atoms with Crippen molar-refractivity contribution in [2.45, 2.75) is 11.8 Å². The molecule has 6 rings (SSSR count). The van der Waals surface area contributed by atoms with Crippen LogP contribution in [0.5, 0.6) is 0 Å². The number of aryl methyl sites for hydroxylation is 1. The molecule has 1 fully saturated rings. The van der Waals surface area contributed by atoms with E-state index in [9.17, 15) is 13.5 Å². The maximum Gasteiger partial charge on any atom is 0.284 e. The third-order valence-corrected chi connectivity index (χ3v) is 8.52. The summed E-state index contributed by atoms with van der Waals surface area (Å²) in [5.74, 6) is 0.883. The Hall–Kier alpha value is -4.13. The van der Waals surface area contributed by atoms with Crippen LogP contribution >= 0.6 is 0 Å². The molecule has 0 bridgehead atoms. The van der Waals surface area contributed by atoms with Crippen LogP contribution in [0, 0.1) is 6.92 Å². The van der Waals surface area contributed by atoms with Crippen LogP contribution in [0.3, 0.4) is 0 Å². The Morgan fingerprint density at radius 1 is 0.949 bits per heavy atom. The van der Waals surface area contributed by atoms with Crippen LogP contribution < -0.4 is 4.90 Å². The van der Waals surface area contributed by atoms with Crippen LogP contribution in [0.25, 0.3) is 28.0 Å². The zero-order valence-electron chi connectivity index (χ0n) is 21.4. The molecule has 2 aromatic carbocycles. The van der Waals surface area contributed by atoms with Crippen molar-refractivity contribution >= 4 is 21.5 Å². The summed E-state index contributed by atoms with van der Waals surface area (Å²) in [7, 11) is -3.90. The maximum absolute atomic E-state index is 13.1. The highest BCUT2D eigenvalue weighted by Crippen LogP contribution is 2.33. The Labute approximate surface area is 226 Å². The van der Waals surface area contributed by atoms with Gasteiger partial charge in [-0.15, -0.1) is 9.19 Å². The van der Waals surface area contributed by atoms with Crippen molar-refractivity contribution in [1.82, 2.24) is 33.7 Å². The molecule has 0 amide bonds. The van der Waals surface area contributed by atoms with E-state index in [1.807, 2.05) is 53.9 Å². The van der Waals surface area contributed by atoms with Gasteiger partial charge in [0.25, 0.3) is 10.0 Å². The van der Waals surface area contributed by atoms with Gasteiger partial charge in [-0.05, 0) is 24.6 Å². The molecule has 0 saturated carbocycles. The Balaban J connectivity index is 1.50. The first-order valence-corrected chi connectivity index (χ1v) is 14.1. The standard InChI is InChI=1S/C27H28N8O3S/c1-20-26(21-6-3-2-4-7-21)27-30-24(17-25(35(27)31-20)33-12-10-32(11-13-33)14-15-36)22-8-5-9-23(16-22)39(37,38)34-19-28-18-29-34/h2-9,16-19,36H,10-15H2,1H3. The zero-order chi connectivity index (χ0) is 27.0. The van der Waals surface area contributed by atoms with Crippen molar-refractivity contribution < 1.29 is 13.5 Å². The van der Waals surface area contributed by atoms with E-state index in [-0.39, 0.29) is 11.5 Å². The Morgan fingerprint density at radius 3 is 2.44 bits per heavy atom. The van der Waals surface area contributed by atoms with Crippen LogP contribution in [0.15, 0.2) is 78.2 Å². The molecule has 1 aliphatic heterocycles. The first-order chi connectivity index (χ1) is 19.0. The van der Waals surface area contributed by atoms with Gasteiger partial charge in [-0.1, -0.05) is 42.5 Å². The van der Waals surface area contributed by atoms with Crippen molar-refractivity contribution in [3.8, 4) is 22.4 Å². The molecule has 5 aromatic rings. The second-order valence-corrected chi connectivity index (χ2v) is 11.2. The lowest BCUT2D eigenvalue weighted by molar-refractivity contribution is 0.188. The topological polar surface area (TPSA) is 122 Å². The Morgan fingerprint density at radius 2 is 1.72 bits per heavy atom. The van der Waals surface area contributed by atoms with E-state index in [0.29, 0.717) is 23.4 Å². The SMILES string of the molecule is Cc1nn2c(N3CCN(CCO)CC3)cc(-c3cccc(S(=O)(=O)n4cncn4)c3)nc2c1-c1ccccc1. The summed E-state index contributed by atoms with van der Waals surface area (Å²) in [6.45, 7) is 5.92. The van der Waals surface area contributed by atoms with Crippen molar-refractivity contribution in [2.24, 2.45) is 0 Å². The molecule has 1 saturated heterocycles. The summed E-state index contributed by atoms with van der Waals surface area (Å²) in [4.78, 5) is 13.4. The maximum atomic E-state index is 13.1. The number of fused-ring (bicyclic) bond motifs is 1. The molecule has 200 valence electrons. The first kappa shape index (κ1) is 25.2. The fourth-order valence-electron chi connectivity index (χ4n) is 5.01. The van der Waals surface area contributed by atoms with Gasteiger partial charge < -0.3 is 10.0 Å². The average molecular weight is 545 g/mol. The third-order valence-electron chi connectivity index (χ3n) is 6.99. The minimum absolute atomic E-state index is 0.0966. The predicted octanol–water partition coefficient (Wildman–Crippen LogP) is 2.31. The monoisotopic (exact) mass is 544 g/mol. The molecule has 1 N–H and O–H groups in total. The van der Waals surface area contributed by atoms with E-state index in [0.717, 1.165) is 52.9 Å².